The van der Waals surface area contributed by atoms with E-state index in [-0.39, 0.29) is 30.1 Å². The van der Waals surface area contributed by atoms with Crippen molar-refractivity contribution in [1.29, 1.82) is 0 Å². The zero-order valence-electron chi connectivity index (χ0n) is 14.0. The maximum Gasteiger partial charge on any atom is 0.242 e. The zero-order chi connectivity index (χ0) is 15.5. The molecule has 0 aromatic rings. The monoisotopic (exact) mass is 321 g/mol. The Balaban J connectivity index is 0. The smallest absolute Gasteiger partial charge is 0.242 e. The minimum atomic E-state index is -0.451. The van der Waals surface area contributed by atoms with Crippen molar-refractivity contribution in [2.24, 2.45) is 11.8 Å². The average Bonchev–Trinajstić information content (AvgIpc) is 2.34. The van der Waals surface area contributed by atoms with Crippen LogP contribution in [0.15, 0.2) is 0 Å². The van der Waals surface area contributed by atoms with Crippen LogP contribution in [-0.4, -0.2) is 37.5 Å². The fourth-order valence-corrected chi connectivity index (χ4v) is 1.82. The minimum absolute atomic E-state index is 0. The molecule has 5 nitrogen and oxygen atoms in total. The van der Waals surface area contributed by atoms with E-state index in [9.17, 15) is 9.59 Å². The van der Waals surface area contributed by atoms with Crippen LogP contribution in [0.25, 0.3) is 0 Å². The van der Waals surface area contributed by atoms with Gasteiger partial charge in [-0.15, -0.1) is 12.4 Å². The van der Waals surface area contributed by atoms with Gasteiger partial charge in [0.1, 0.15) is 6.04 Å². The molecule has 0 aromatic carbocycles. The first-order valence-electron chi connectivity index (χ1n) is 7.66. The van der Waals surface area contributed by atoms with Gasteiger partial charge in [-0.2, -0.15) is 0 Å². The van der Waals surface area contributed by atoms with E-state index in [2.05, 4.69) is 22.9 Å². The van der Waals surface area contributed by atoms with Crippen LogP contribution in [0.2, 0.25) is 0 Å². The van der Waals surface area contributed by atoms with Crippen molar-refractivity contribution in [1.82, 2.24) is 16.0 Å². The predicted molar refractivity (Wildman–Crippen MR) is 89.6 cm³/mol. The molecule has 1 unspecified atom stereocenters. The quantitative estimate of drug-likeness (QED) is 0.536. The molecule has 126 valence electrons. The van der Waals surface area contributed by atoms with Crippen LogP contribution in [0.1, 0.15) is 47.5 Å². The molecule has 0 aliphatic carbocycles. The van der Waals surface area contributed by atoms with Crippen LogP contribution in [0.4, 0.5) is 0 Å². The minimum Gasteiger partial charge on any atom is -0.353 e. The van der Waals surface area contributed by atoms with Crippen LogP contribution >= 0.6 is 12.4 Å². The van der Waals surface area contributed by atoms with Crippen molar-refractivity contribution in [2.45, 2.75) is 53.5 Å². The zero-order valence-corrected chi connectivity index (χ0v) is 14.8. The normalized spacial score (nSPS) is 12.0. The first kappa shape index (κ1) is 22.5. The summed E-state index contributed by atoms with van der Waals surface area (Å²) in [6, 6.07) is -0.451. The summed E-state index contributed by atoms with van der Waals surface area (Å²) in [6.45, 7) is 12.3. The lowest BCUT2D eigenvalue weighted by molar-refractivity contribution is -0.130. The van der Waals surface area contributed by atoms with E-state index >= 15 is 0 Å². The van der Waals surface area contributed by atoms with Gasteiger partial charge in [0, 0.05) is 19.5 Å². The van der Waals surface area contributed by atoms with E-state index < -0.39 is 6.04 Å². The molecule has 21 heavy (non-hydrogen) atoms. The molecule has 0 aliphatic heterocycles. The molecule has 0 aromatic heterocycles. The van der Waals surface area contributed by atoms with Crippen LogP contribution in [0.3, 0.4) is 0 Å². The largest absolute Gasteiger partial charge is 0.353 e. The molecule has 0 bridgehead atoms. The average molecular weight is 322 g/mol. The second-order valence-corrected chi connectivity index (χ2v) is 5.93. The van der Waals surface area contributed by atoms with Gasteiger partial charge in [0.05, 0.1) is 0 Å². The van der Waals surface area contributed by atoms with Crippen LogP contribution < -0.4 is 16.0 Å². The van der Waals surface area contributed by atoms with E-state index in [0.717, 1.165) is 19.5 Å². The fraction of sp³-hybridized carbons (Fsp3) is 0.867. The summed E-state index contributed by atoms with van der Waals surface area (Å²) in [7, 11) is 0. The molecule has 3 N–H and O–H groups in total. The van der Waals surface area contributed by atoms with Gasteiger partial charge in [0.2, 0.25) is 11.8 Å². The molecule has 0 spiro atoms. The van der Waals surface area contributed by atoms with Gasteiger partial charge < -0.3 is 16.0 Å². The molecule has 2 amide bonds. The Morgan fingerprint density at radius 1 is 1.00 bits per heavy atom. The topological polar surface area (TPSA) is 70.2 Å². The van der Waals surface area contributed by atoms with E-state index in [1.165, 1.54) is 0 Å². The highest BCUT2D eigenvalue weighted by molar-refractivity contribution is 5.87. The number of halogens is 1. The Bertz CT molecular complexity index is 297. The number of carbonyl (C=O) groups is 2. The van der Waals surface area contributed by atoms with E-state index in [0.29, 0.717) is 18.9 Å². The van der Waals surface area contributed by atoms with Gasteiger partial charge in [-0.05, 0) is 24.8 Å². The molecule has 0 aliphatic rings. The second kappa shape index (κ2) is 12.9. The summed E-state index contributed by atoms with van der Waals surface area (Å²) in [5, 5.41) is 8.92. The van der Waals surface area contributed by atoms with E-state index in [4.69, 9.17) is 0 Å². The lowest BCUT2D eigenvalue weighted by Crippen LogP contribution is -2.50. The lowest BCUT2D eigenvalue weighted by Gasteiger charge is -2.22. The Kier molecular flexibility index (Phi) is 13.8. The third kappa shape index (κ3) is 11.5. The number of rotatable bonds is 10. The SMILES string of the molecule is CCCNCCNC(=O)C(NC(=O)CC(C)C)C(C)C.Cl. The van der Waals surface area contributed by atoms with Gasteiger partial charge in [-0.25, -0.2) is 0 Å². The van der Waals surface area contributed by atoms with E-state index in [1.807, 2.05) is 27.7 Å². The van der Waals surface area contributed by atoms with Crippen LogP contribution in [-0.2, 0) is 9.59 Å². The van der Waals surface area contributed by atoms with Crippen LogP contribution in [0, 0.1) is 11.8 Å². The maximum atomic E-state index is 12.1. The molecule has 0 saturated carbocycles. The summed E-state index contributed by atoms with van der Waals surface area (Å²) in [5.74, 6) is 0.215. The molecule has 1 atom stereocenters. The van der Waals surface area contributed by atoms with Crippen molar-refractivity contribution in [3.63, 3.8) is 0 Å². The number of nitrogens with one attached hydrogen (secondary N) is 3. The van der Waals surface area contributed by atoms with Crippen molar-refractivity contribution in [3.8, 4) is 0 Å². The molecular weight excluding hydrogens is 290 g/mol. The van der Waals surface area contributed by atoms with Crippen molar-refractivity contribution in [2.75, 3.05) is 19.6 Å². The predicted octanol–water partition coefficient (Wildman–Crippen LogP) is 1.71. The second-order valence-electron chi connectivity index (χ2n) is 5.93. The number of amides is 2. The summed E-state index contributed by atoms with van der Waals surface area (Å²) in [6.07, 6.45) is 1.53. The first-order chi connectivity index (χ1) is 9.38. The van der Waals surface area contributed by atoms with Gasteiger partial charge in [0.25, 0.3) is 0 Å². The highest BCUT2D eigenvalue weighted by Crippen LogP contribution is 2.04. The van der Waals surface area contributed by atoms with Crippen LogP contribution in [0.5, 0.6) is 0 Å². The summed E-state index contributed by atoms with van der Waals surface area (Å²) in [4.78, 5) is 23.9. The highest BCUT2D eigenvalue weighted by Gasteiger charge is 2.23. The summed E-state index contributed by atoms with van der Waals surface area (Å²) in [5.41, 5.74) is 0. The van der Waals surface area contributed by atoms with Crippen molar-refractivity contribution in [3.05, 3.63) is 0 Å². The third-order valence-corrected chi connectivity index (χ3v) is 2.89. The number of hydrogen-bond acceptors (Lipinski definition) is 3. The molecule has 0 radical (unpaired) electrons. The molecular formula is C15H32ClN3O2. The Labute approximate surface area is 135 Å². The summed E-state index contributed by atoms with van der Waals surface area (Å²) >= 11 is 0. The van der Waals surface area contributed by atoms with E-state index in [1.54, 1.807) is 0 Å². The Hall–Kier alpha value is -0.810. The molecule has 0 rings (SSSR count). The maximum absolute atomic E-state index is 12.1. The number of carbonyl (C=O) groups excluding carboxylic acids is 2. The molecule has 0 fully saturated rings. The Morgan fingerprint density at radius 2 is 1.62 bits per heavy atom. The van der Waals surface area contributed by atoms with Gasteiger partial charge in [-0.3, -0.25) is 9.59 Å². The standard InChI is InChI=1S/C15H31N3O2.ClH/c1-6-7-16-8-9-17-15(20)14(12(4)5)18-13(19)10-11(2)3;/h11-12,14,16H,6-10H2,1-5H3,(H,17,20)(H,18,19);1H. The number of hydrogen-bond donors (Lipinski definition) is 3. The van der Waals surface area contributed by atoms with Crippen molar-refractivity contribution >= 4 is 24.2 Å². The van der Waals surface area contributed by atoms with Gasteiger partial charge in [-0.1, -0.05) is 34.6 Å². The first-order valence-corrected chi connectivity index (χ1v) is 7.66. The fourth-order valence-electron chi connectivity index (χ4n) is 1.82. The van der Waals surface area contributed by atoms with Crippen molar-refractivity contribution < 1.29 is 9.59 Å². The summed E-state index contributed by atoms with van der Waals surface area (Å²) < 4.78 is 0. The molecule has 0 saturated heterocycles. The Morgan fingerprint density at radius 3 is 2.10 bits per heavy atom. The third-order valence-electron chi connectivity index (χ3n) is 2.89. The lowest BCUT2D eigenvalue weighted by atomic mass is 10.0. The van der Waals surface area contributed by atoms with Gasteiger partial charge >= 0.3 is 0 Å². The molecule has 0 heterocycles. The highest BCUT2D eigenvalue weighted by atomic mass is 35.5. The van der Waals surface area contributed by atoms with Gasteiger partial charge in [0.15, 0.2) is 0 Å². The molecule has 6 heteroatoms.